The minimum Gasteiger partial charge on any atom is -0.485 e. The van der Waals surface area contributed by atoms with Crippen LogP contribution in [0, 0.1) is 11.6 Å². The van der Waals surface area contributed by atoms with Crippen LogP contribution in [0.25, 0.3) is 0 Å². The normalized spacial score (nSPS) is 20.8. The lowest BCUT2D eigenvalue weighted by molar-refractivity contribution is -0.132. The molecule has 1 saturated carbocycles. The molecule has 1 aliphatic heterocycles. The summed E-state index contributed by atoms with van der Waals surface area (Å²) >= 11 is 0. The van der Waals surface area contributed by atoms with Gasteiger partial charge in [0, 0.05) is 82.2 Å². The summed E-state index contributed by atoms with van der Waals surface area (Å²) < 4.78 is 40.9. The van der Waals surface area contributed by atoms with E-state index in [-0.39, 0.29) is 36.8 Å². The zero-order chi connectivity index (χ0) is 23.4. The number of halogens is 2. The molecule has 1 aromatic carbocycles. The second-order valence-electron chi connectivity index (χ2n) is 8.66. The van der Waals surface area contributed by atoms with E-state index in [4.69, 9.17) is 9.47 Å². The van der Waals surface area contributed by atoms with E-state index < -0.39 is 11.6 Å². The monoisotopic (exact) mass is 463 g/mol. The van der Waals surface area contributed by atoms with Crippen molar-refractivity contribution < 1.29 is 23.0 Å². The van der Waals surface area contributed by atoms with Crippen LogP contribution < -0.4 is 10.1 Å². The second kappa shape index (κ2) is 10.6. The smallest absolute Gasteiger partial charge is 0.236 e. The Kier molecular flexibility index (Phi) is 7.56. The maximum absolute atomic E-state index is 14.5. The third-order valence-corrected chi connectivity index (χ3v) is 6.22. The zero-order valence-corrected chi connectivity index (χ0v) is 19.1. The number of ether oxygens (including phenoxy) is 2. The second-order valence-corrected chi connectivity index (χ2v) is 8.66. The number of rotatable bonds is 10. The van der Waals surface area contributed by atoms with Gasteiger partial charge < -0.3 is 19.7 Å². The van der Waals surface area contributed by atoms with Gasteiger partial charge in [-0.1, -0.05) is 0 Å². The maximum Gasteiger partial charge on any atom is 0.236 e. The SMILES string of the molecule is COCCN1CCN(C(=O)CNC2CC2c2cc(F)cc(F)c2OCc2cnn(C)c2)CC1. The van der Waals surface area contributed by atoms with Crippen molar-refractivity contribution in [2.24, 2.45) is 7.05 Å². The van der Waals surface area contributed by atoms with Crippen LogP contribution in [0.2, 0.25) is 0 Å². The minimum absolute atomic E-state index is 0.0149. The van der Waals surface area contributed by atoms with Crippen molar-refractivity contribution in [2.45, 2.75) is 25.0 Å². The third kappa shape index (κ3) is 6.07. The number of carbonyl (C=O) groups excluding carboxylic acids is 1. The van der Waals surface area contributed by atoms with Gasteiger partial charge in [-0.05, 0) is 12.5 Å². The Hall–Kier alpha value is -2.56. The van der Waals surface area contributed by atoms with Crippen molar-refractivity contribution >= 4 is 5.91 Å². The van der Waals surface area contributed by atoms with E-state index in [9.17, 15) is 13.6 Å². The first kappa shape index (κ1) is 23.6. The quantitative estimate of drug-likeness (QED) is 0.576. The number of methoxy groups -OCH3 is 1. The highest BCUT2D eigenvalue weighted by atomic mass is 19.1. The molecule has 2 atom stereocenters. The van der Waals surface area contributed by atoms with E-state index in [1.807, 2.05) is 4.90 Å². The molecule has 8 nitrogen and oxygen atoms in total. The van der Waals surface area contributed by atoms with Crippen LogP contribution in [-0.4, -0.2) is 84.5 Å². The predicted octanol–water partition coefficient (Wildman–Crippen LogP) is 1.51. The lowest BCUT2D eigenvalue weighted by Gasteiger charge is -2.34. The molecule has 0 bridgehead atoms. The molecule has 2 unspecified atom stereocenters. The third-order valence-electron chi connectivity index (χ3n) is 6.22. The standard InChI is InChI=1S/C23H31F2N5O3/c1-28-14-16(12-27-28)15-33-23-19(9-17(24)10-20(23)25)18-11-21(18)26-13-22(31)30-5-3-29(4-6-30)7-8-32-2/h9-10,12,14,18,21,26H,3-8,11,13,15H2,1-2H3. The molecule has 1 amide bonds. The van der Waals surface area contributed by atoms with Crippen LogP contribution in [0.3, 0.4) is 0 Å². The van der Waals surface area contributed by atoms with Gasteiger partial charge in [-0.2, -0.15) is 5.10 Å². The Morgan fingerprint density at radius 2 is 2.03 bits per heavy atom. The minimum atomic E-state index is -0.720. The summed E-state index contributed by atoms with van der Waals surface area (Å²) in [7, 11) is 3.47. The van der Waals surface area contributed by atoms with Gasteiger partial charge in [0.15, 0.2) is 11.6 Å². The highest BCUT2D eigenvalue weighted by Crippen LogP contribution is 2.46. The van der Waals surface area contributed by atoms with Crippen molar-refractivity contribution in [1.82, 2.24) is 24.9 Å². The average Bonchev–Trinajstić information content (AvgIpc) is 3.46. The molecular formula is C23H31F2N5O3. The van der Waals surface area contributed by atoms with E-state index in [1.54, 1.807) is 31.2 Å². The molecule has 1 aliphatic carbocycles. The maximum atomic E-state index is 14.5. The molecule has 2 heterocycles. The molecule has 0 spiro atoms. The van der Waals surface area contributed by atoms with Crippen molar-refractivity contribution in [3.63, 3.8) is 0 Å². The van der Waals surface area contributed by atoms with Gasteiger partial charge in [0.25, 0.3) is 0 Å². The molecule has 33 heavy (non-hydrogen) atoms. The molecule has 4 rings (SSSR count). The van der Waals surface area contributed by atoms with E-state index in [0.717, 1.165) is 31.3 Å². The van der Waals surface area contributed by atoms with Crippen LogP contribution in [0.4, 0.5) is 8.78 Å². The summed E-state index contributed by atoms with van der Waals surface area (Å²) in [4.78, 5) is 16.7. The Balaban J connectivity index is 1.29. The van der Waals surface area contributed by atoms with Crippen LogP contribution >= 0.6 is 0 Å². The summed E-state index contributed by atoms with van der Waals surface area (Å²) in [5, 5.41) is 7.33. The lowest BCUT2D eigenvalue weighted by Crippen LogP contribution is -2.51. The number of hydrogen-bond acceptors (Lipinski definition) is 6. The first-order chi connectivity index (χ1) is 15.9. The van der Waals surface area contributed by atoms with E-state index in [2.05, 4.69) is 15.3 Å². The number of carbonyl (C=O) groups is 1. The Morgan fingerprint density at radius 3 is 2.73 bits per heavy atom. The first-order valence-corrected chi connectivity index (χ1v) is 11.3. The molecule has 0 radical (unpaired) electrons. The van der Waals surface area contributed by atoms with Crippen LogP contribution in [0.1, 0.15) is 23.5 Å². The zero-order valence-electron chi connectivity index (χ0n) is 19.1. The number of amides is 1. The van der Waals surface area contributed by atoms with Gasteiger partial charge in [-0.15, -0.1) is 0 Å². The molecule has 1 aromatic heterocycles. The lowest BCUT2D eigenvalue weighted by atomic mass is 10.1. The van der Waals surface area contributed by atoms with Gasteiger partial charge in [-0.25, -0.2) is 8.78 Å². The summed E-state index contributed by atoms with van der Waals surface area (Å²) in [6, 6.07) is 2.15. The van der Waals surface area contributed by atoms with Gasteiger partial charge in [0.1, 0.15) is 12.4 Å². The van der Waals surface area contributed by atoms with Gasteiger partial charge in [-0.3, -0.25) is 14.4 Å². The number of aryl methyl sites for hydroxylation is 1. The molecular weight excluding hydrogens is 432 g/mol. The van der Waals surface area contributed by atoms with E-state index in [1.165, 1.54) is 6.07 Å². The van der Waals surface area contributed by atoms with Crippen LogP contribution in [0.15, 0.2) is 24.5 Å². The highest BCUT2D eigenvalue weighted by Gasteiger charge is 2.41. The Bertz CT molecular complexity index is 962. The number of benzene rings is 1. The fourth-order valence-corrected chi connectivity index (χ4v) is 4.25. The highest BCUT2D eigenvalue weighted by molar-refractivity contribution is 5.78. The number of aromatic nitrogens is 2. The Labute approximate surface area is 192 Å². The van der Waals surface area contributed by atoms with Crippen LogP contribution in [0.5, 0.6) is 5.75 Å². The van der Waals surface area contributed by atoms with Crippen molar-refractivity contribution in [3.8, 4) is 5.75 Å². The first-order valence-electron chi connectivity index (χ1n) is 11.3. The number of nitrogens with one attached hydrogen (secondary N) is 1. The molecule has 2 aliphatic rings. The molecule has 1 saturated heterocycles. The predicted molar refractivity (Wildman–Crippen MR) is 118 cm³/mol. The summed E-state index contributed by atoms with van der Waals surface area (Å²) in [6.45, 7) is 4.97. The van der Waals surface area contributed by atoms with Crippen molar-refractivity contribution in [2.75, 3.05) is 53.0 Å². The van der Waals surface area contributed by atoms with Gasteiger partial charge >= 0.3 is 0 Å². The van der Waals surface area contributed by atoms with Crippen molar-refractivity contribution in [1.29, 1.82) is 0 Å². The average molecular weight is 464 g/mol. The topological polar surface area (TPSA) is 71.9 Å². The number of hydrogen-bond donors (Lipinski definition) is 1. The molecule has 2 aromatic rings. The molecule has 2 fully saturated rings. The number of piperazine rings is 1. The van der Waals surface area contributed by atoms with Crippen LogP contribution in [-0.2, 0) is 23.2 Å². The van der Waals surface area contributed by atoms with Gasteiger partial charge in [0.05, 0.1) is 19.3 Å². The summed E-state index contributed by atoms with van der Waals surface area (Å²) in [5.74, 6) is -1.34. The molecule has 180 valence electrons. The summed E-state index contributed by atoms with van der Waals surface area (Å²) in [5.41, 5.74) is 1.29. The van der Waals surface area contributed by atoms with E-state index >= 15 is 0 Å². The molecule has 1 N–H and O–H groups in total. The van der Waals surface area contributed by atoms with E-state index in [0.29, 0.717) is 31.7 Å². The fourth-order valence-electron chi connectivity index (χ4n) is 4.25. The Morgan fingerprint density at radius 1 is 1.24 bits per heavy atom. The van der Waals surface area contributed by atoms with Crippen molar-refractivity contribution in [3.05, 3.63) is 47.3 Å². The number of nitrogens with zero attached hydrogens (tertiary/aromatic N) is 4. The largest absolute Gasteiger partial charge is 0.485 e. The van der Waals surface area contributed by atoms with Gasteiger partial charge in [0.2, 0.25) is 5.91 Å². The summed E-state index contributed by atoms with van der Waals surface area (Å²) in [6.07, 6.45) is 4.13. The molecule has 10 heteroatoms. The fraction of sp³-hybridized carbons (Fsp3) is 0.565.